The van der Waals surface area contributed by atoms with Crippen LogP contribution in [0.2, 0.25) is 5.15 Å². The van der Waals surface area contributed by atoms with Gasteiger partial charge in [-0.05, 0) is 49.4 Å². The Kier molecular flexibility index (Phi) is 6.56. The number of benzene rings is 1. The molecule has 2 aromatic heterocycles. The average molecular weight is 414 g/mol. The van der Waals surface area contributed by atoms with E-state index < -0.39 is 0 Å². The van der Waals surface area contributed by atoms with Crippen LogP contribution in [0.3, 0.4) is 0 Å². The highest BCUT2D eigenvalue weighted by Crippen LogP contribution is 2.34. The van der Waals surface area contributed by atoms with Gasteiger partial charge in [0.2, 0.25) is 0 Å². The van der Waals surface area contributed by atoms with Crippen LogP contribution in [0.15, 0.2) is 24.4 Å². The van der Waals surface area contributed by atoms with Crippen LogP contribution < -0.4 is 0 Å². The van der Waals surface area contributed by atoms with Crippen molar-refractivity contribution < 1.29 is 9.13 Å². The zero-order valence-corrected chi connectivity index (χ0v) is 18.0. The van der Waals surface area contributed by atoms with Gasteiger partial charge in [-0.25, -0.2) is 9.37 Å². The zero-order valence-electron chi connectivity index (χ0n) is 17.2. The van der Waals surface area contributed by atoms with Crippen molar-refractivity contribution in [3.63, 3.8) is 0 Å². The number of nitriles is 1. The fourth-order valence-corrected chi connectivity index (χ4v) is 3.64. The van der Waals surface area contributed by atoms with Crippen LogP contribution in [-0.4, -0.2) is 16.2 Å². The van der Waals surface area contributed by atoms with Gasteiger partial charge in [-0.1, -0.05) is 31.5 Å². The van der Waals surface area contributed by atoms with E-state index in [1.54, 1.807) is 12.3 Å². The van der Waals surface area contributed by atoms with Crippen molar-refractivity contribution >= 4 is 22.5 Å². The number of fused-ring (bicyclic) bond motifs is 1. The lowest BCUT2D eigenvalue weighted by Crippen LogP contribution is -2.08. The molecule has 3 aromatic rings. The minimum absolute atomic E-state index is 0.319. The maximum atomic E-state index is 15.0. The van der Waals surface area contributed by atoms with Crippen LogP contribution in [0.1, 0.15) is 48.2 Å². The topological polar surface area (TPSA) is 50.8 Å². The molecule has 0 spiro atoms. The van der Waals surface area contributed by atoms with Crippen LogP contribution in [-0.2, 0) is 17.9 Å². The summed E-state index contributed by atoms with van der Waals surface area (Å²) in [5.74, 6) is 0.174. The van der Waals surface area contributed by atoms with Gasteiger partial charge in [0.15, 0.2) is 0 Å². The molecular weight excluding hydrogens is 389 g/mol. The van der Waals surface area contributed by atoms with Crippen LogP contribution in [0, 0.1) is 36.9 Å². The molecule has 0 saturated heterocycles. The number of aromatic nitrogens is 2. The SMILES string of the molecule is Cc1c(C)n(COCCC(C)C)c2c(C#N)cc(F)c(Cc3ccc(Cl)nc3)c12. The van der Waals surface area contributed by atoms with Gasteiger partial charge in [-0.3, -0.25) is 0 Å². The molecule has 0 aliphatic heterocycles. The van der Waals surface area contributed by atoms with E-state index in [-0.39, 0.29) is 5.82 Å². The molecule has 6 heteroatoms. The number of nitrogens with zero attached hydrogens (tertiary/aromatic N) is 3. The van der Waals surface area contributed by atoms with Crippen LogP contribution in [0.4, 0.5) is 4.39 Å². The fourth-order valence-electron chi connectivity index (χ4n) is 3.52. The van der Waals surface area contributed by atoms with Crippen LogP contribution in [0.5, 0.6) is 0 Å². The Hall–Kier alpha value is -2.42. The van der Waals surface area contributed by atoms with Crippen LogP contribution >= 0.6 is 11.6 Å². The van der Waals surface area contributed by atoms with Crippen molar-refractivity contribution in [3.05, 3.63) is 63.3 Å². The monoisotopic (exact) mass is 413 g/mol. The maximum Gasteiger partial charge on any atom is 0.129 e. The lowest BCUT2D eigenvalue weighted by molar-refractivity contribution is 0.0708. The Labute approximate surface area is 175 Å². The highest BCUT2D eigenvalue weighted by molar-refractivity contribution is 6.29. The molecule has 0 unspecified atom stereocenters. The van der Waals surface area contributed by atoms with E-state index in [4.69, 9.17) is 16.3 Å². The van der Waals surface area contributed by atoms with Gasteiger partial charge in [0.1, 0.15) is 23.8 Å². The Balaban J connectivity index is 2.08. The predicted molar refractivity (Wildman–Crippen MR) is 114 cm³/mol. The van der Waals surface area contributed by atoms with Gasteiger partial charge in [-0.2, -0.15) is 5.26 Å². The third kappa shape index (κ3) is 4.44. The van der Waals surface area contributed by atoms with E-state index >= 15 is 4.39 Å². The smallest absolute Gasteiger partial charge is 0.129 e. The van der Waals surface area contributed by atoms with E-state index in [0.717, 1.165) is 34.1 Å². The molecule has 0 amide bonds. The lowest BCUT2D eigenvalue weighted by Gasteiger charge is -2.13. The summed E-state index contributed by atoms with van der Waals surface area (Å²) in [6.45, 7) is 9.23. The first-order chi connectivity index (χ1) is 13.8. The second-order valence-corrected chi connectivity index (χ2v) is 8.13. The summed E-state index contributed by atoms with van der Waals surface area (Å²) >= 11 is 5.87. The Morgan fingerprint density at radius 3 is 2.69 bits per heavy atom. The molecule has 2 heterocycles. The lowest BCUT2D eigenvalue weighted by atomic mass is 9.97. The number of hydrogen-bond acceptors (Lipinski definition) is 3. The van der Waals surface area contributed by atoms with E-state index in [1.165, 1.54) is 6.07 Å². The molecule has 0 radical (unpaired) electrons. The summed E-state index contributed by atoms with van der Waals surface area (Å²) in [4.78, 5) is 4.09. The van der Waals surface area contributed by atoms with Crippen molar-refractivity contribution in [3.8, 4) is 6.07 Å². The van der Waals surface area contributed by atoms with Gasteiger partial charge in [0, 0.05) is 35.9 Å². The van der Waals surface area contributed by atoms with Crippen LogP contribution in [0.25, 0.3) is 10.9 Å². The average Bonchev–Trinajstić information content (AvgIpc) is 2.93. The first-order valence-electron chi connectivity index (χ1n) is 9.72. The summed E-state index contributed by atoms with van der Waals surface area (Å²) < 4.78 is 22.9. The second-order valence-electron chi connectivity index (χ2n) is 7.74. The molecule has 4 nitrogen and oxygen atoms in total. The Morgan fingerprint density at radius 1 is 1.31 bits per heavy atom. The quantitative estimate of drug-likeness (QED) is 0.356. The molecule has 0 saturated carbocycles. The fraction of sp³-hybridized carbons (Fsp3) is 0.391. The van der Waals surface area contributed by atoms with Gasteiger partial charge < -0.3 is 9.30 Å². The van der Waals surface area contributed by atoms with Gasteiger partial charge >= 0.3 is 0 Å². The minimum atomic E-state index is -0.384. The summed E-state index contributed by atoms with van der Waals surface area (Å²) in [6.07, 6.45) is 2.99. The van der Waals surface area contributed by atoms with Crippen molar-refractivity contribution in [1.29, 1.82) is 5.26 Å². The third-order valence-electron chi connectivity index (χ3n) is 5.30. The molecular formula is C23H25ClFN3O. The minimum Gasteiger partial charge on any atom is -0.361 e. The van der Waals surface area contributed by atoms with E-state index in [1.807, 2.05) is 24.5 Å². The summed E-state index contributed by atoms with van der Waals surface area (Å²) in [5, 5.41) is 10.8. The highest BCUT2D eigenvalue weighted by Gasteiger charge is 2.21. The molecule has 0 aliphatic rings. The second kappa shape index (κ2) is 8.94. The largest absolute Gasteiger partial charge is 0.361 e. The Morgan fingerprint density at radius 2 is 2.07 bits per heavy atom. The summed E-state index contributed by atoms with van der Waals surface area (Å²) in [6, 6.07) is 7.01. The summed E-state index contributed by atoms with van der Waals surface area (Å²) in [7, 11) is 0. The molecule has 3 rings (SSSR count). The van der Waals surface area contributed by atoms with Crippen molar-refractivity contribution in [2.45, 2.75) is 47.3 Å². The first kappa shape index (κ1) is 21.3. The zero-order chi connectivity index (χ0) is 21.1. The normalized spacial score (nSPS) is 11.4. The van der Waals surface area contributed by atoms with Gasteiger partial charge in [0.25, 0.3) is 0 Å². The number of halogens is 2. The van der Waals surface area contributed by atoms with Crippen molar-refractivity contribution in [1.82, 2.24) is 9.55 Å². The van der Waals surface area contributed by atoms with E-state index in [0.29, 0.717) is 42.0 Å². The van der Waals surface area contributed by atoms with Gasteiger partial charge in [0.05, 0.1) is 11.1 Å². The molecule has 29 heavy (non-hydrogen) atoms. The molecule has 152 valence electrons. The molecule has 0 bridgehead atoms. The maximum absolute atomic E-state index is 15.0. The van der Waals surface area contributed by atoms with Crippen molar-refractivity contribution in [2.75, 3.05) is 6.61 Å². The third-order valence-corrected chi connectivity index (χ3v) is 5.52. The van der Waals surface area contributed by atoms with E-state index in [9.17, 15) is 5.26 Å². The molecule has 1 aromatic carbocycles. The predicted octanol–water partition coefficient (Wildman–Crippen LogP) is 5.93. The Bertz CT molecular complexity index is 1060. The first-order valence-corrected chi connectivity index (χ1v) is 10.1. The molecule has 0 N–H and O–H groups in total. The summed E-state index contributed by atoms with van der Waals surface area (Å²) in [5.41, 5.74) is 4.40. The number of ether oxygens (including phenoxy) is 1. The number of pyridine rings is 1. The number of hydrogen-bond donors (Lipinski definition) is 0. The molecule has 0 atom stereocenters. The van der Waals surface area contributed by atoms with Gasteiger partial charge in [-0.15, -0.1) is 0 Å². The standard InChI is InChI=1S/C23H25ClFN3O/c1-14(2)7-8-29-13-28-16(4)15(3)22-19(9-17-5-6-21(24)27-12-17)20(25)10-18(11-26)23(22)28/h5-6,10,12,14H,7-9,13H2,1-4H3. The number of rotatable bonds is 7. The highest BCUT2D eigenvalue weighted by atomic mass is 35.5. The molecule has 0 aliphatic carbocycles. The molecule has 0 fully saturated rings. The van der Waals surface area contributed by atoms with Crippen molar-refractivity contribution in [2.24, 2.45) is 5.92 Å². The van der Waals surface area contributed by atoms with E-state index in [2.05, 4.69) is 24.9 Å². The number of aryl methyl sites for hydroxylation is 1.